The van der Waals surface area contributed by atoms with Gasteiger partial charge in [-0.15, -0.1) is 0 Å². The molecule has 0 aromatic carbocycles. The van der Waals surface area contributed by atoms with Crippen molar-refractivity contribution < 1.29 is 4.74 Å². The molecule has 0 bridgehead atoms. The summed E-state index contributed by atoms with van der Waals surface area (Å²) in [5, 5.41) is 3.33. The molecule has 1 N–H and O–H groups in total. The Labute approximate surface area is 94.8 Å². The molecule has 1 atom stereocenters. The Morgan fingerprint density at radius 3 is 2.60 bits per heavy atom. The van der Waals surface area contributed by atoms with Crippen LogP contribution in [0.4, 0.5) is 0 Å². The third kappa shape index (κ3) is 4.98. The van der Waals surface area contributed by atoms with Crippen LogP contribution in [0.3, 0.4) is 0 Å². The predicted octanol–water partition coefficient (Wildman–Crippen LogP) is 2.83. The number of nitrogens with one attached hydrogen (secondary N) is 1. The van der Waals surface area contributed by atoms with E-state index in [0.29, 0.717) is 0 Å². The molecule has 0 aliphatic heterocycles. The molecule has 15 heavy (non-hydrogen) atoms. The van der Waals surface area contributed by atoms with E-state index in [1.165, 1.54) is 38.6 Å². The van der Waals surface area contributed by atoms with Crippen molar-refractivity contribution in [3.05, 3.63) is 0 Å². The molecule has 1 aliphatic carbocycles. The van der Waals surface area contributed by atoms with Crippen LogP contribution in [0.15, 0.2) is 0 Å². The Morgan fingerprint density at radius 2 is 2.00 bits per heavy atom. The number of hydrogen-bond donors (Lipinski definition) is 1. The second kappa shape index (κ2) is 8.12. The van der Waals surface area contributed by atoms with E-state index < -0.39 is 0 Å². The smallest absolute Gasteiger partial charge is 0.0469 e. The lowest BCUT2D eigenvalue weighted by Crippen LogP contribution is -2.26. The maximum absolute atomic E-state index is 5.59. The van der Waals surface area contributed by atoms with Crippen LogP contribution in [0.25, 0.3) is 0 Å². The zero-order valence-corrected chi connectivity index (χ0v) is 10.4. The van der Waals surface area contributed by atoms with E-state index in [9.17, 15) is 0 Å². The van der Waals surface area contributed by atoms with Crippen LogP contribution < -0.4 is 5.32 Å². The van der Waals surface area contributed by atoms with Crippen LogP contribution in [0.5, 0.6) is 0 Å². The molecule has 1 rings (SSSR count). The maximum Gasteiger partial charge on any atom is 0.0469 e. The van der Waals surface area contributed by atoms with Crippen LogP contribution in [0.1, 0.15) is 45.4 Å². The van der Waals surface area contributed by atoms with Crippen molar-refractivity contribution >= 4 is 0 Å². The van der Waals surface area contributed by atoms with Gasteiger partial charge in [0.05, 0.1) is 0 Å². The lowest BCUT2D eigenvalue weighted by atomic mass is 9.88. The van der Waals surface area contributed by atoms with E-state index in [0.717, 1.165) is 31.5 Å². The summed E-state index contributed by atoms with van der Waals surface area (Å²) in [7, 11) is 2.06. The van der Waals surface area contributed by atoms with Gasteiger partial charge in [-0.2, -0.15) is 0 Å². The van der Waals surface area contributed by atoms with Gasteiger partial charge >= 0.3 is 0 Å². The van der Waals surface area contributed by atoms with Gasteiger partial charge < -0.3 is 10.1 Å². The van der Waals surface area contributed by atoms with Crippen molar-refractivity contribution in [2.24, 2.45) is 11.8 Å². The van der Waals surface area contributed by atoms with Crippen molar-refractivity contribution in [1.82, 2.24) is 5.32 Å². The molecule has 1 saturated carbocycles. The fraction of sp³-hybridized carbons (Fsp3) is 1.00. The molecule has 2 heteroatoms. The van der Waals surface area contributed by atoms with Gasteiger partial charge in [0.2, 0.25) is 0 Å². The summed E-state index contributed by atoms with van der Waals surface area (Å²) < 4.78 is 5.59. The van der Waals surface area contributed by atoms with Crippen molar-refractivity contribution in [3.8, 4) is 0 Å². The molecule has 0 amide bonds. The summed E-state index contributed by atoms with van der Waals surface area (Å²) in [5.41, 5.74) is 0. The third-order valence-electron chi connectivity index (χ3n) is 3.51. The monoisotopic (exact) mass is 213 g/mol. The topological polar surface area (TPSA) is 21.3 Å². The summed E-state index contributed by atoms with van der Waals surface area (Å²) in [4.78, 5) is 0. The standard InChI is InChI=1S/C13H27NO/c1-3-9-15-10-8-13(11-14-2)12-6-4-5-7-12/h12-14H,3-11H2,1-2H3. The molecule has 1 aliphatic rings. The fourth-order valence-corrected chi connectivity index (χ4v) is 2.68. The number of hydrogen-bond acceptors (Lipinski definition) is 2. The van der Waals surface area contributed by atoms with E-state index in [2.05, 4.69) is 19.3 Å². The van der Waals surface area contributed by atoms with Crippen LogP contribution >= 0.6 is 0 Å². The summed E-state index contributed by atoms with van der Waals surface area (Å²) >= 11 is 0. The first-order valence-corrected chi connectivity index (χ1v) is 6.60. The quantitative estimate of drug-likeness (QED) is 0.626. The molecular formula is C13H27NO. The molecule has 0 radical (unpaired) electrons. The first-order chi connectivity index (χ1) is 7.38. The Balaban J connectivity index is 2.17. The highest BCUT2D eigenvalue weighted by Gasteiger charge is 2.23. The third-order valence-corrected chi connectivity index (χ3v) is 3.51. The van der Waals surface area contributed by atoms with Crippen molar-refractivity contribution in [1.29, 1.82) is 0 Å². The molecule has 1 fully saturated rings. The Bertz CT molecular complexity index is 143. The highest BCUT2D eigenvalue weighted by atomic mass is 16.5. The van der Waals surface area contributed by atoms with Gasteiger partial charge in [-0.3, -0.25) is 0 Å². The van der Waals surface area contributed by atoms with Crippen LogP contribution in [0.2, 0.25) is 0 Å². The normalized spacial score (nSPS) is 19.6. The number of ether oxygens (including phenoxy) is 1. The van der Waals surface area contributed by atoms with Gasteiger partial charge in [-0.25, -0.2) is 0 Å². The fourth-order valence-electron chi connectivity index (χ4n) is 2.68. The molecule has 0 aromatic heterocycles. The summed E-state index contributed by atoms with van der Waals surface area (Å²) in [6, 6.07) is 0. The highest BCUT2D eigenvalue weighted by molar-refractivity contribution is 4.76. The van der Waals surface area contributed by atoms with Gasteiger partial charge in [-0.05, 0) is 38.3 Å². The van der Waals surface area contributed by atoms with Gasteiger partial charge in [0.1, 0.15) is 0 Å². The predicted molar refractivity (Wildman–Crippen MR) is 65.1 cm³/mol. The van der Waals surface area contributed by atoms with E-state index >= 15 is 0 Å². The zero-order valence-electron chi connectivity index (χ0n) is 10.4. The van der Waals surface area contributed by atoms with E-state index in [-0.39, 0.29) is 0 Å². The van der Waals surface area contributed by atoms with Crippen LogP contribution in [-0.2, 0) is 4.74 Å². The molecule has 90 valence electrons. The molecular weight excluding hydrogens is 186 g/mol. The SMILES string of the molecule is CCCOCCC(CNC)C1CCCC1. The number of rotatable bonds is 8. The second-order valence-electron chi connectivity index (χ2n) is 4.76. The molecule has 0 saturated heterocycles. The summed E-state index contributed by atoms with van der Waals surface area (Å²) in [6.07, 6.45) is 8.16. The summed E-state index contributed by atoms with van der Waals surface area (Å²) in [6.45, 7) is 5.22. The second-order valence-corrected chi connectivity index (χ2v) is 4.76. The average Bonchev–Trinajstić information content (AvgIpc) is 2.76. The van der Waals surface area contributed by atoms with Gasteiger partial charge in [-0.1, -0.05) is 32.6 Å². The minimum absolute atomic E-state index is 0.842. The Hall–Kier alpha value is -0.0800. The zero-order chi connectivity index (χ0) is 10.9. The molecule has 1 unspecified atom stereocenters. The molecule has 0 heterocycles. The van der Waals surface area contributed by atoms with Gasteiger partial charge in [0.15, 0.2) is 0 Å². The van der Waals surface area contributed by atoms with Crippen molar-refractivity contribution in [3.63, 3.8) is 0 Å². The van der Waals surface area contributed by atoms with Gasteiger partial charge in [0, 0.05) is 13.2 Å². The maximum atomic E-state index is 5.59. The van der Waals surface area contributed by atoms with E-state index in [4.69, 9.17) is 4.74 Å². The average molecular weight is 213 g/mol. The van der Waals surface area contributed by atoms with Crippen LogP contribution in [-0.4, -0.2) is 26.8 Å². The lowest BCUT2D eigenvalue weighted by Gasteiger charge is -2.23. The van der Waals surface area contributed by atoms with Crippen molar-refractivity contribution in [2.45, 2.75) is 45.4 Å². The molecule has 2 nitrogen and oxygen atoms in total. The van der Waals surface area contributed by atoms with E-state index in [1.54, 1.807) is 0 Å². The minimum Gasteiger partial charge on any atom is -0.381 e. The first-order valence-electron chi connectivity index (χ1n) is 6.60. The minimum atomic E-state index is 0.842. The molecule has 0 spiro atoms. The Kier molecular flexibility index (Phi) is 7.03. The van der Waals surface area contributed by atoms with Crippen molar-refractivity contribution in [2.75, 3.05) is 26.8 Å². The highest BCUT2D eigenvalue weighted by Crippen LogP contribution is 2.32. The van der Waals surface area contributed by atoms with E-state index in [1.807, 2.05) is 0 Å². The molecule has 0 aromatic rings. The van der Waals surface area contributed by atoms with Gasteiger partial charge in [0.25, 0.3) is 0 Å². The first kappa shape index (κ1) is 13.0. The largest absolute Gasteiger partial charge is 0.381 e. The Morgan fingerprint density at radius 1 is 1.27 bits per heavy atom. The lowest BCUT2D eigenvalue weighted by molar-refractivity contribution is 0.111. The van der Waals surface area contributed by atoms with Crippen LogP contribution in [0, 0.1) is 11.8 Å². The summed E-state index contributed by atoms with van der Waals surface area (Å²) in [5.74, 6) is 1.80.